The van der Waals surface area contributed by atoms with Gasteiger partial charge in [0.15, 0.2) is 5.82 Å². The van der Waals surface area contributed by atoms with Crippen LogP contribution >= 0.6 is 0 Å². The Hall–Kier alpha value is -4.30. The Bertz CT molecular complexity index is 1570. The van der Waals surface area contributed by atoms with Crippen LogP contribution in [0.15, 0.2) is 77.6 Å². The fraction of sp³-hybridized carbons (Fsp3) is 0.267. The lowest BCUT2D eigenvalue weighted by atomic mass is 10.0. The molecule has 0 bridgehead atoms. The topological polar surface area (TPSA) is 88.9 Å². The third-order valence-corrected chi connectivity index (χ3v) is 6.79. The number of nitrogens with zero attached hydrogens (tertiary/aromatic N) is 5. The molecule has 8 nitrogen and oxygen atoms in total. The van der Waals surface area contributed by atoms with Gasteiger partial charge in [-0.15, -0.1) is 5.10 Å². The average molecular weight is 509 g/mol. The summed E-state index contributed by atoms with van der Waals surface area (Å²) in [5, 5.41) is 13.6. The zero-order valence-electron chi connectivity index (χ0n) is 22.0. The molecular formula is C30H32N6O2. The summed E-state index contributed by atoms with van der Waals surface area (Å²) >= 11 is 0. The Morgan fingerprint density at radius 3 is 2.50 bits per heavy atom. The van der Waals surface area contributed by atoms with Gasteiger partial charge in [-0.05, 0) is 77.0 Å². The van der Waals surface area contributed by atoms with E-state index in [2.05, 4.69) is 56.6 Å². The summed E-state index contributed by atoms with van der Waals surface area (Å²) in [6, 6.07) is 24.5. The van der Waals surface area contributed by atoms with Crippen LogP contribution < -0.4 is 10.3 Å². The average Bonchev–Trinajstić information content (AvgIpc) is 3.35. The smallest absolute Gasteiger partial charge is 0.252 e. The predicted octanol–water partition coefficient (Wildman–Crippen LogP) is 4.43. The van der Waals surface area contributed by atoms with Crippen molar-refractivity contribution in [1.82, 2.24) is 30.1 Å². The van der Waals surface area contributed by atoms with Crippen molar-refractivity contribution in [2.75, 3.05) is 13.7 Å². The summed E-state index contributed by atoms with van der Waals surface area (Å²) in [5.74, 6) is 1.56. The highest BCUT2D eigenvalue weighted by Crippen LogP contribution is 2.19. The fourth-order valence-electron chi connectivity index (χ4n) is 4.80. The van der Waals surface area contributed by atoms with Crippen LogP contribution in [0.2, 0.25) is 0 Å². The molecule has 0 saturated carbocycles. The molecule has 0 amide bonds. The van der Waals surface area contributed by atoms with Crippen molar-refractivity contribution in [2.45, 2.75) is 39.9 Å². The molecule has 5 aromatic rings. The first kappa shape index (κ1) is 25.4. The number of ether oxygens (including phenoxy) is 1. The normalized spacial score (nSPS) is 11.4. The van der Waals surface area contributed by atoms with E-state index in [9.17, 15) is 4.79 Å². The summed E-state index contributed by atoms with van der Waals surface area (Å²) < 4.78 is 7.08. The summed E-state index contributed by atoms with van der Waals surface area (Å²) in [6.07, 6.45) is 0.852. The summed E-state index contributed by atoms with van der Waals surface area (Å²) in [5.41, 5.74) is 6.12. The predicted molar refractivity (Wildman–Crippen MR) is 148 cm³/mol. The summed E-state index contributed by atoms with van der Waals surface area (Å²) in [6.45, 7) is 6.41. The number of aromatic amines is 1. The van der Waals surface area contributed by atoms with Crippen LogP contribution in [0.3, 0.4) is 0 Å². The van der Waals surface area contributed by atoms with Gasteiger partial charge in [0.25, 0.3) is 5.56 Å². The minimum Gasteiger partial charge on any atom is -0.497 e. The molecular weight excluding hydrogens is 476 g/mol. The Kier molecular flexibility index (Phi) is 7.60. The highest BCUT2D eigenvalue weighted by molar-refractivity contribution is 5.82. The second-order valence-electron chi connectivity index (χ2n) is 9.72. The van der Waals surface area contributed by atoms with Crippen LogP contribution in [0.1, 0.15) is 33.6 Å². The number of aromatic nitrogens is 5. The molecule has 0 aliphatic rings. The van der Waals surface area contributed by atoms with Crippen molar-refractivity contribution in [3.63, 3.8) is 0 Å². The standard InChI is InChI=1S/C30H32N6O2/c1-21-15-22(2)29-25(16-21)17-26(30(37)31-29)19-35(14-13-23-7-5-4-6-8-23)20-28-32-33-34-36(28)18-24-9-11-27(38-3)12-10-24/h4-12,15-17H,13-14,18-20H2,1-3H3,(H,31,37). The number of rotatable bonds is 10. The molecule has 0 fully saturated rings. The zero-order valence-corrected chi connectivity index (χ0v) is 22.0. The van der Waals surface area contributed by atoms with Crippen molar-refractivity contribution in [1.29, 1.82) is 0 Å². The second kappa shape index (κ2) is 11.4. The Morgan fingerprint density at radius 2 is 1.74 bits per heavy atom. The summed E-state index contributed by atoms with van der Waals surface area (Å²) in [4.78, 5) is 18.5. The number of nitrogens with one attached hydrogen (secondary N) is 1. The quantitative estimate of drug-likeness (QED) is 0.300. The molecule has 2 aromatic heterocycles. The molecule has 0 unspecified atom stereocenters. The fourth-order valence-corrected chi connectivity index (χ4v) is 4.80. The lowest BCUT2D eigenvalue weighted by Crippen LogP contribution is -2.30. The van der Waals surface area contributed by atoms with E-state index in [1.165, 1.54) is 11.1 Å². The molecule has 5 rings (SSSR count). The molecule has 0 aliphatic heterocycles. The maximum absolute atomic E-state index is 13.1. The van der Waals surface area contributed by atoms with Crippen LogP contribution in [0.4, 0.5) is 0 Å². The molecule has 38 heavy (non-hydrogen) atoms. The van der Waals surface area contributed by atoms with Crippen molar-refractivity contribution in [3.8, 4) is 5.75 Å². The van der Waals surface area contributed by atoms with E-state index in [0.29, 0.717) is 19.6 Å². The number of methoxy groups -OCH3 is 1. The number of pyridine rings is 1. The minimum atomic E-state index is -0.0630. The molecule has 194 valence electrons. The first-order valence-corrected chi connectivity index (χ1v) is 12.8. The molecule has 0 spiro atoms. The molecule has 2 heterocycles. The van der Waals surface area contributed by atoms with Gasteiger partial charge in [-0.3, -0.25) is 9.69 Å². The van der Waals surface area contributed by atoms with E-state index in [-0.39, 0.29) is 5.56 Å². The Morgan fingerprint density at radius 1 is 0.947 bits per heavy atom. The maximum Gasteiger partial charge on any atom is 0.252 e. The van der Waals surface area contributed by atoms with Crippen LogP contribution in [-0.2, 0) is 26.1 Å². The minimum absolute atomic E-state index is 0.0630. The number of fused-ring (bicyclic) bond motifs is 1. The Balaban J connectivity index is 1.40. The van der Waals surface area contributed by atoms with Gasteiger partial charge >= 0.3 is 0 Å². The molecule has 8 heteroatoms. The third-order valence-electron chi connectivity index (χ3n) is 6.79. The highest BCUT2D eigenvalue weighted by atomic mass is 16.5. The van der Waals surface area contributed by atoms with Crippen LogP contribution in [-0.4, -0.2) is 43.7 Å². The monoisotopic (exact) mass is 508 g/mol. The van der Waals surface area contributed by atoms with Crippen LogP contribution in [0.25, 0.3) is 10.9 Å². The summed E-state index contributed by atoms with van der Waals surface area (Å²) in [7, 11) is 1.65. The number of hydrogen-bond donors (Lipinski definition) is 1. The van der Waals surface area contributed by atoms with Gasteiger partial charge < -0.3 is 9.72 Å². The molecule has 3 aromatic carbocycles. The van der Waals surface area contributed by atoms with Gasteiger partial charge in [0.05, 0.1) is 25.7 Å². The highest BCUT2D eigenvalue weighted by Gasteiger charge is 2.16. The van der Waals surface area contributed by atoms with E-state index in [4.69, 9.17) is 4.74 Å². The van der Waals surface area contributed by atoms with Crippen molar-refractivity contribution < 1.29 is 4.74 Å². The maximum atomic E-state index is 13.1. The van der Waals surface area contributed by atoms with Gasteiger partial charge in [0, 0.05) is 18.7 Å². The molecule has 0 radical (unpaired) electrons. The SMILES string of the molecule is COc1ccc(Cn2nnnc2CN(CCc2ccccc2)Cc2cc3cc(C)cc(C)c3[nH]c2=O)cc1. The lowest BCUT2D eigenvalue weighted by Gasteiger charge is -2.22. The van der Waals surface area contributed by atoms with Crippen LogP contribution in [0, 0.1) is 13.8 Å². The Labute approximate surface area is 221 Å². The van der Waals surface area contributed by atoms with Gasteiger partial charge in [0.2, 0.25) is 0 Å². The van der Waals surface area contributed by atoms with E-state index in [1.807, 2.05) is 60.1 Å². The first-order valence-electron chi connectivity index (χ1n) is 12.8. The van der Waals surface area contributed by atoms with Gasteiger partial charge in [-0.1, -0.05) is 54.1 Å². The van der Waals surface area contributed by atoms with Gasteiger partial charge in [-0.2, -0.15) is 0 Å². The number of aryl methyl sites for hydroxylation is 2. The van der Waals surface area contributed by atoms with E-state index < -0.39 is 0 Å². The number of hydrogen-bond acceptors (Lipinski definition) is 6. The van der Waals surface area contributed by atoms with Crippen molar-refractivity contribution in [3.05, 3.63) is 117 Å². The molecule has 0 atom stereocenters. The first-order chi connectivity index (χ1) is 18.5. The van der Waals surface area contributed by atoms with E-state index >= 15 is 0 Å². The van der Waals surface area contributed by atoms with Crippen LogP contribution in [0.5, 0.6) is 5.75 Å². The van der Waals surface area contributed by atoms with E-state index in [1.54, 1.807) is 7.11 Å². The zero-order chi connectivity index (χ0) is 26.5. The largest absolute Gasteiger partial charge is 0.497 e. The second-order valence-corrected chi connectivity index (χ2v) is 9.72. The van der Waals surface area contributed by atoms with Gasteiger partial charge in [0.1, 0.15) is 5.75 Å². The van der Waals surface area contributed by atoms with E-state index in [0.717, 1.165) is 52.1 Å². The third kappa shape index (κ3) is 5.98. The number of H-pyrrole nitrogens is 1. The van der Waals surface area contributed by atoms with Crippen molar-refractivity contribution >= 4 is 10.9 Å². The number of benzene rings is 3. The van der Waals surface area contributed by atoms with Crippen molar-refractivity contribution in [2.24, 2.45) is 0 Å². The lowest BCUT2D eigenvalue weighted by molar-refractivity contribution is 0.248. The molecule has 0 saturated heterocycles. The molecule has 1 N–H and O–H groups in total. The number of tetrazole rings is 1. The molecule has 0 aliphatic carbocycles. The van der Waals surface area contributed by atoms with Gasteiger partial charge in [-0.25, -0.2) is 4.68 Å².